The fraction of sp³-hybridized carbons (Fsp3) is 0.800. The van der Waals surface area contributed by atoms with Crippen LogP contribution in [0, 0.1) is 0 Å². The predicted molar refractivity (Wildman–Crippen MR) is 42.9 cm³/mol. The van der Waals surface area contributed by atoms with Crippen LogP contribution in [0.2, 0.25) is 0 Å². The van der Waals surface area contributed by atoms with Gasteiger partial charge in [-0.25, -0.2) is 13.6 Å². The Hall–Kier alpha value is -0.660. The number of ether oxygens (including phenoxy) is 1. The summed E-state index contributed by atoms with van der Waals surface area (Å²) in [5.41, 5.74) is 0. The summed E-state index contributed by atoms with van der Waals surface area (Å²) in [6, 6.07) is 0. The lowest BCUT2D eigenvalue weighted by Gasteiger charge is -2.01. The monoisotopic (exact) mass is 196 g/mol. The van der Waals surface area contributed by atoms with E-state index >= 15 is 0 Å². The van der Waals surface area contributed by atoms with Crippen LogP contribution in [0.3, 0.4) is 0 Å². The number of rotatable bonds is 5. The fourth-order valence-electron chi connectivity index (χ4n) is 0.515. The summed E-state index contributed by atoms with van der Waals surface area (Å²) in [7, 11) is -2.12. The molecule has 0 aromatic heterocycles. The Balaban J connectivity index is 3.51. The zero-order valence-electron chi connectivity index (χ0n) is 6.74. The van der Waals surface area contributed by atoms with Gasteiger partial charge in [-0.2, -0.15) is 0 Å². The van der Waals surface area contributed by atoms with Crippen molar-refractivity contribution in [1.29, 1.82) is 0 Å². The molecule has 0 aromatic rings. The third-order valence-corrected chi connectivity index (χ3v) is 1.76. The summed E-state index contributed by atoms with van der Waals surface area (Å²) in [4.78, 5) is 10.7. The summed E-state index contributed by atoms with van der Waals surface area (Å²) < 4.78 is 25.2. The van der Waals surface area contributed by atoms with E-state index in [1.165, 1.54) is 7.11 Å². The van der Waals surface area contributed by atoms with Crippen LogP contribution < -0.4 is 10.5 Å². The minimum Gasteiger partial charge on any atom is -0.375 e. The van der Waals surface area contributed by atoms with Gasteiger partial charge in [-0.05, 0) is 0 Å². The maximum Gasteiger partial charge on any atom is 0.246 e. The molecule has 0 saturated heterocycles. The highest BCUT2D eigenvalue weighted by Gasteiger charge is 2.03. The molecule has 72 valence electrons. The van der Waals surface area contributed by atoms with E-state index in [0.29, 0.717) is 0 Å². The van der Waals surface area contributed by atoms with Crippen molar-refractivity contribution in [3.8, 4) is 0 Å². The molecule has 0 rings (SSSR count). The van der Waals surface area contributed by atoms with Gasteiger partial charge in [0.25, 0.3) is 0 Å². The van der Waals surface area contributed by atoms with Gasteiger partial charge in [0.1, 0.15) is 6.61 Å². The summed E-state index contributed by atoms with van der Waals surface area (Å²) in [6.07, 6.45) is 0. The normalized spacial score (nSPS) is 11.2. The Kier molecular flexibility index (Phi) is 4.79. The lowest BCUT2D eigenvalue weighted by molar-refractivity contribution is -0.124. The van der Waals surface area contributed by atoms with Crippen LogP contribution in [-0.4, -0.2) is 40.3 Å². The van der Waals surface area contributed by atoms with Crippen LogP contribution in [0.5, 0.6) is 0 Å². The number of hydrogen-bond donors (Lipinski definition) is 2. The second-order valence-electron chi connectivity index (χ2n) is 2.15. The van der Waals surface area contributed by atoms with E-state index in [0.717, 1.165) is 0 Å². The summed E-state index contributed by atoms with van der Waals surface area (Å²) in [5.74, 6) is -0.622. The first-order valence-electron chi connectivity index (χ1n) is 3.22. The highest BCUT2D eigenvalue weighted by atomic mass is 32.2. The molecule has 0 aliphatic heterocycles. The van der Waals surface area contributed by atoms with E-state index in [1.54, 1.807) is 0 Å². The number of primary sulfonamides is 1. The molecule has 0 fully saturated rings. The number of carbonyl (C=O) groups is 1. The summed E-state index contributed by atoms with van der Waals surface area (Å²) in [6.45, 7) is -0.0638. The number of nitrogens with one attached hydrogen (secondary N) is 1. The first-order chi connectivity index (χ1) is 5.45. The molecule has 0 aromatic carbocycles. The second kappa shape index (κ2) is 5.07. The van der Waals surface area contributed by atoms with Crippen LogP contribution in [0.4, 0.5) is 0 Å². The van der Waals surface area contributed by atoms with Crippen molar-refractivity contribution in [1.82, 2.24) is 5.32 Å². The van der Waals surface area contributed by atoms with Crippen molar-refractivity contribution in [2.24, 2.45) is 5.14 Å². The van der Waals surface area contributed by atoms with Crippen LogP contribution in [0.15, 0.2) is 0 Å². The molecule has 12 heavy (non-hydrogen) atoms. The molecule has 0 saturated carbocycles. The quantitative estimate of drug-likeness (QED) is 0.533. The van der Waals surface area contributed by atoms with Crippen molar-refractivity contribution in [3.05, 3.63) is 0 Å². The highest BCUT2D eigenvalue weighted by molar-refractivity contribution is 7.89. The molecule has 0 atom stereocenters. The van der Waals surface area contributed by atoms with Crippen LogP contribution in [0.25, 0.3) is 0 Å². The Bertz CT molecular complexity index is 236. The van der Waals surface area contributed by atoms with E-state index in [9.17, 15) is 13.2 Å². The van der Waals surface area contributed by atoms with Crippen molar-refractivity contribution < 1.29 is 17.9 Å². The first-order valence-corrected chi connectivity index (χ1v) is 4.93. The molecule has 0 spiro atoms. The number of amides is 1. The average Bonchev–Trinajstić information content (AvgIpc) is 1.84. The van der Waals surface area contributed by atoms with Gasteiger partial charge < -0.3 is 10.1 Å². The van der Waals surface area contributed by atoms with E-state index in [4.69, 9.17) is 0 Å². The minimum absolute atomic E-state index is 0.0149. The Labute approximate surface area is 71.1 Å². The standard InChI is InChI=1S/C5H12N2O4S/c1-11-4-5(8)7-2-3-12(6,9)10/h2-4H2,1H3,(H,7,8)(H2,6,9,10). The highest BCUT2D eigenvalue weighted by Crippen LogP contribution is 1.75. The predicted octanol–water partition coefficient (Wildman–Crippen LogP) is -1.96. The van der Waals surface area contributed by atoms with Gasteiger partial charge in [-0.3, -0.25) is 4.79 Å². The Morgan fingerprint density at radius 2 is 2.17 bits per heavy atom. The van der Waals surface area contributed by atoms with Gasteiger partial charge in [0, 0.05) is 13.7 Å². The van der Waals surface area contributed by atoms with E-state index in [1.807, 2.05) is 0 Å². The minimum atomic E-state index is -3.49. The van der Waals surface area contributed by atoms with Crippen molar-refractivity contribution in [2.75, 3.05) is 26.0 Å². The topological polar surface area (TPSA) is 98.5 Å². The van der Waals surface area contributed by atoms with Crippen LogP contribution >= 0.6 is 0 Å². The molecule has 0 aliphatic rings. The molecule has 1 amide bonds. The lowest BCUT2D eigenvalue weighted by atomic mass is 10.6. The molecule has 0 bridgehead atoms. The fourth-order valence-corrected chi connectivity index (χ4v) is 0.901. The smallest absolute Gasteiger partial charge is 0.246 e. The number of sulfonamides is 1. The summed E-state index contributed by atoms with van der Waals surface area (Å²) in [5, 5.41) is 7.00. The molecular weight excluding hydrogens is 184 g/mol. The molecule has 3 N–H and O–H groups in total. The molecule has 0 unspecified atom stereocenters. The maximum atomic E-state index is 10.7. The van der Waals surface area contributed by atoms with Gasteiger partial charge in [0.15, 0.2) is 0 Å². The maximum absolute atomic E-state index is 10.7. The van der Waals surface area contributed by atoms with Crippen LogP contribution in [0.1, 0.15) is 0 Å². The van der Waals surface area contributed by atoms with Gasteiger partial charge in [-0.15, -0.1) is 0 Å². The molecule has 6 nitrogen and oxygen atoms in total. The third-order valence-electron chi connectivity index (χ3n) is 0.984. The van der Waals surface area contributed by atoms with E-state index in [-0.39, 0.29) is 24.8 Å². The largest absolute Gasteiger partial charge is 0.375 e. The van der Waals surface area contributed by atoms with Gasteiger partial charge in [0.2, 0.25) is 15.9 Å². The third kappa shape index (κ3) is 7.45. The first kappa shape index (κ1) is 11.3. The van der Waals surface area contributed by atoms with Gasteiger partial charge in [-0.1, -0.05) is 0 Å². The van der Waals surface area contributed by atoms with E-state index in [2.05, 4.69) is 15.2 Å². The number of carbonyl (C=O) groups excluding carboxylic acids is 1. The molecule has 7 heteroatoms. The second-order valence-corrected chi connectivity index (χ2v) is 3.88. The zero-order valence-corrected chi connectivity index (χ0v) is 7.56. The van der Waals surface area contributed by atoms with Gasteiger partial charge >= 0.3 is 0 Å². The Morgan fingerprint density at radius 1 is 1.58 bits per heavy atom. The average molecular weight is 196 g/mol. The van der Waals surface area contributed by atoms with Crippen LogP contribution in [-0.2, 0) is 19.6 Å². The van der Waals surface area contributed by atoms with Crippen molar-refractivity contribution in [3.63, 3.8) is 0 Å². The van der Waals surface area contributed by atoms with Crippen molar-refractivity contribution >= 4 is 15.9 Å². The molecule has 0 radical (unpaired) electrons. The number of nitrogens with two attached hydrogens (primary N) is 1. The molecular formula is C5H12N2O4S. The summed E-state index contributed by atoms with van der Waals surface area (Å²) >= 11 is 0. The SMILES string of the molecule is COCC(=O)NCCS(N)(=O)=O. The Morgan fingerprint density at radius 3 is 2.58 bits per heavy atom. The van der Waals surface area contributed by atoms with E-state index < -0.39 is 10.0 Å². The molecule has 0 aliphatic carbocycles. The van der Waals surface area contributed by atoms with Crippen molar-refractivity contribution in [2.45, 2.75) is 0 Å². The molecule has 0 heterocycles. The zero-order chi connectivity index (χ0) is 9.61. The lowest BCUT2D eigenvalue weighted by Crippen LogP contribution is -2.33. The number of methoxy groups -OCH3 is 1. The van der Waals surface area contributed by atoms with Gasteiger partial charge in [0.05, 0.1) is 5.75 Å². The number of hydrogen-bond acceptors (Lipinski definition) is 4.